The number of halogens is 1. The Kier molecular flexibility index (Phi) is 11.2. The van der Waals surface area contributed by atoms with Crippen molar-refractivity contribution in [3.63, 3.8) is 0 Å². The van der Waals surface area contributed by atoms with E-state index in [2.05, 4.69) is 42.5 Å². The molecule has 3 N–H and O–H groups in total. The zero-order valence-corrected chi connectivity index (χ0v) is 31.1. The van der Waals surface area contributed by atoms with E-state index in [1.807, 2.05) is 73.8 Å². The average Bonchev–Trinajstić information content (AvgIpc) is 4.00. The summed E-state index contributed by atoms with van der Waals surface area (Å²) in [4.78, 5) is 28.4. The zero-order chi connectivity index (χ0) is 35.5. The van der Waals surface area contributed by atoms with Crippen molar-refractivity contribution in [2.75, 3.05) is 11.5 Å². The van der Waals surface area contributed by atoms with Crippen LogP contribution in [0.3, 0.4) is 0 Å². The molecule has 6 rings (SSSR count). The largest absolute Gasteiger partial charge is 0.481 e. The van der Waals surface area contributed by atoms with E-state index in [-0.39, 0.29) is 34.2 Å². The first-order chi connectivity index (χ1) is 23.8. The van der Waals surface area contributed by atoms with Gasteiger partial charge in [0.1, 0.15) is 0 Å². The van der Waals surface area contributed by atoms with Crippen LogP contribution in [0.25, 0.3) is 10.9 Å². The van der Waals surface area contributed by atoms with E-state index in [1.165, 1.54) is 11.1 Å². The molecule has 0 saturated heterocycles. The molecule has 4 aromatic rings. The van der Waals surface area contributed by atoms with Gasteiger partial charge < -0.3 is 15.3 Å². The minimum Gasteiger partial charge on any atom is -0.481 e. The molecule has 0 aliphatic heterocycles. The van der Waals surface area contributed by atoms with Crippen LogP contribution in [-0.2, 0) is 28.0 Å². The van der Waals surface area contributed by atoms with Crippen LogP contribution in [0, 0.1) is 10.8 Å². The monoisotopic (exact) mass is 731 g/mol. The molecule has 6 nitrogen and oxygen atoms in total. The van der Waals surface area contributed by atoms with E-state index < -0.39 is 17.5 Å². The highest BCUT2D eigenvalue weighted by Gasteiger charge is 2.45. The Balaban J connectivity index is 1.29. The van der Waals surface area contributed by atoms with Crippen LogP contribution < -0.4 is 0 Å². The fourth-order valence-corrected chi connectivity index (χ4v) is 10.2. The van der Waals surface area contributed by atoms with Crippen LogP contribution in [-0.4, -0.2) is 43.7 Å². The quantitative estimate of drug-likeness (QED) is 0.0928. The minimum atomic E-state index is -0.954. The zero-order valence-electron chi connectivity index (χ0n) is 28.7. The molecule has 0 amide bonds. The van der Waals surface area contributed by atoms with E-state index in [9.17, 15) is 24.9 Å². The van der Waals surface area contributed by atoms with E-state index in [0.717, 1.165) is 77.8 Å². The van der Waals surface area contributed by atoms with Crippen molar-refractivity contribution in [2.24, 2.45) is 10.8 Å². The topological polar surface area (TPSA) is 108 Å². The summed E-state index contributed by atoms with van der Waals surface area (Å²) in [7, 11) is 0. The summed E-state index contributed by atoms with van der Waals surface area (Å²) in [6, 6.07) is 26.8. The Morgan fingerprint density at radius 1 is 0.820 bits per heavy atom. The van der Waals surface area contributed by atoms with Gasteiger partial charge in [0, 0.05) is 44.5 Å². The summed E-state index contributed by atoms with van der Waals surface area (Å²) < 4.78 is 0. The first kappa shape index (κ1) is 36.7. The van der Waals surface area contributed by atoms with E-state index in [0.29, 0.717) is 11.4 Å². The van der Waals surface area contributed by atoms with Gasteiger partial charge in [0.2, 0.25) is 0 Å². The Bertz CT molecular complexity index is 1850. The number of benzene rings is 3. The molecule has 50 heavy (non-hydrogen) atoms. The van der Waals surface area contributed by atoms with Gasteiger partial charge in [-0.15, -0.1) is 0 Å². The molecule has 0 bridgehead atoms. The second kappa shape index (κ2) is 15.3. The number of carboxylic acids is 2. The van der Waals surface area contributed by atoms with Gasteiger partial charge in [-0.3, -0.25) is 14.6 Å². The number of hydrogen-bond donors (Lipinski definition) is 3. The molecule has 2 atom stereocenters. The van der Waals surface area contributed by atoms with E-state index >= 15 is 0 Å². The lowest BCUT2D eigenvalue weighted by molar-refractivity contribution is -0.139. The molecule has 0 radical (unpaired) electrons. The van der Waals surface area contributed by atoms with Crippen molar-refractivity contribution in [1.29, 1.82) is 0 Å². The van der Waals surface area contributed by atoms with Crippen molar-refractivity contribution >= 4 is 58.0 Å². The molecule has 2 saturated carbocycles. The van der Waals surface area contributed by atoms with Gasteiger partial charge >= 0.3 is 11.9 Å². The second-order valence-corrected chi connectivity index (χ2v) is 17.8. The highest BCUT2D eigenvalue weighted by Crippen LogP contribution is 2.55. The third-order valence-electron chi connectivity index (χ3n) is 10.3. The van der Waals surface area contributed by atoms with Gasteiger partial charge in [0.25, 0.3) is 0 Å². The molecule has 2 aliphatic rings. The number of carbonyl (C=O) groups is 2. The second-order valence-electron chi connectivity index (χ2n) is 15.0. The maximum atomic E-state index is 11.7. The lowest BCUT2D eigenvalue weighted by atomic mass is 9.90. The summed E-state index contributed by atoms with van der Waals surface area (Å²) in [6.45, 7) is 3.65. The number of aliphatic hydroxyl groups is 1. The van der Waals surface area contributed by atoms with Gasteiger partial charge in [-0.25, -0.2) is 0 Å². The number of fused-ring (bicyclic) bond motifs is 1. The predicted octanol–water partition coefficient (Wildman–Crippen LogP) is 10.0. The van der Waals surface area contributed by atoms with Gasteiger partial charge in [-0.1, -0.05) is 72.3 Å². The number of rotatable bonds is 18. The van der Waals surface area contributed by atoms with Crippen LogP contribution in [0.15, 0.2) is 78.9 Å². The van der Waals surface area contributed by atoms with Crippen LogP contribution in [0.4, 0.5) is 0 Å². The predicted molar refractivity (Wildman–Crippen MR) is 205 cm³/mol. The lowest BCUT2D eigenvalue weighted by Gasteiger charge is -2.25. The maximum absolute atomic E-state index is 11.7. The molecule has 0 spiro atoms. The number of aliphatic carboxylic acids is 2. The Morgan fingerprint density at radius 3 is 2.04 bits per heavy atom. The Morgan fingerprint density at radius 2 is 1.42 bits per heavy atom. The highest BCUT2D eigenvalue weighted by molar-refractivity contribution is 7.99. The summed E-state index contributed by atoms with van der Waals surface area (Å²) in [5.41, 5.74) is 5.02. The molecule has 2 fully saturated rings. The summed E-state index contributed by atoms with van der Waals surface area (Å²) in [6.07, 6.45) is 6.49. The van der Waals surface area contributed by atoms with Crippen molar-refractivity contribution in [3.8, 4) is 0 Å². The third-order valence-corrected chi connectivity index (χ3v) is 13.8. The molecular formula is C41H46ClNO5S2. The minimum absolute atomic E-state index is 0.0636. The van der Waals surface area contributed by atoms with Crippen LogP contribution in [0.5, 0.6) is 0 Å². The van der Waals surface area contributed by atoms with Crippen molar-refractivity contribution in [2.45, 2.75) is 87.7 Å². The molecule has 3 aromatic carbocycles. The van der Waals surface area contributed by atoms with Gasteiger partial charge in [-0.05, 0) is 104 Å². The third kappa shape index (κ3) is 9.64. The standard InChI is InChI=1S/C41H46ClNO5S2/c1-39(2,48)33-9-4-3-6-27(33)12-15-35(49-25-40(16-17-40)23-37(44)45)29-7-5-8-30(20-29)36(50-26-41(18-19-41)24-38(46)47)22-32-14-11-28-10-13-31(42)21-34(28)43-32/h3-11,13-14,20-21,35-36,48H,12,15-19,22-26H2,1-2H3,(H,44,45)(H,46,47)/t35-,36-/m1/s1. The Hall–Kier alpha value is -3.04. The number of carboxylic acid groups (broad SMARTS) is 2. The number of pyridine rings is 1. The maximum Gasteiger partial charge on any atom is 0.303 e. The number of aryl methyl sites for hydroxylation is 1. The van der Waals surface area contributed by atoms with Gasteiger partial charge in [0.05, 0.1) is 24.0 Å². The van der Waals surface area contributed by atoms with Crippen LogP contribution in [0.2, 0.25) is 5.02 Å². The van der Waals surface area contributed by atoms with Crippen molar-refractivity contribution in [3.05, 3.63) is 112 Å². The first-order valence-corrected chi connectivity index (χ1v) is 19.9. The van der Waals surface area contributed by atoms with Gasteiger partial charge in [0.15, 0.2) is 0 Å². The van der Waals surface area contributed by atoms with Crippen LogP contribution >= 0.6 is 35.1 Å². The number of nitrogens with zero attached hydrogens (tertiary/aromatic N) is 1. The summed E-state index contributed by atoms with van der Waals surface area (Å²) >= 11 is 10.00. The average molecular weight is 732 g/mol. The Labute approximate surface area is 308 Å². The fraction of sp³-hybridized carbons (Fsp3) is 0.439. The normalized spacial score (nSPS) is 17.3. The van der Waals surface area contributed by atoms with Crippen molar-refractivity contribution in [1.82, 2.24) is 4.98 Å². The first-order valence-electron chi connectivity index (χ1n) is 17.4. The highest BCUT2D eigenvalue weighted by atomic mass is 35.5. The fourth-order valence-electron chi connectivity index (χ4n) is 6.93. The number of hydrogen-bond acceptors (Lipinski definition) is 6. The molecule has 2 aliphatic carbocycles. The molecule has 9 heteroatoms. The lowest BCUT2D eigenvalue weighted by Crippen LogP contribution is -2.18. The van der Waals surface area contributed by atoms with Crippen molar-refractivity contribution < 1.29 is 24.9 Å². The van der Waals surface area contributed by atoms with Gasteiger partial charge in [-0.2, -0.15) is 23.5 Å². The number of thioether (sulfide) groups is 2. The van der Waals surface area contributed by atoms with E-state index in [4.69, 9.17) is 16.6 Å². The summed E-state index contributed by atoms with van der Waals surface area (Å²) in [5.74, 6) is 0.0940. The summed E-state index contributed by atoms with van der Waals surface area (Å²) in [5, 5.41) is 32.0. The number of aromatic nitrogens is 1. The molecular weight excluding hydrogens is 686 g/mol. The van der Waals surface area contributed by atoms with E-state index in [1.54, 1.807) is 0 Å². The molecule has 1 aromatic heterocycles. The smallest absolute Gasteiger partial charge is 0.303 e. The SMILES string of the molecule is CC(C)(O)c1ccccc1CC[C@@H](SCC1(CC(=O)O)CC1)c1cccc([C@@H](Cc2ccc3ccc(Cl)cc3n2)SCC2(CC(=O)O)CC2)c1. The molecule has 264 valence electrons. The molecule has 1 heterocycles. The molecule has 0 unspecified atom stereocenters. The van der Waals surface area contributed by atoms with Crippen LogP contribution in [0.1, 0.15) is 97.2 Å².